The zero-order valence-electron chi connectivity index (χ0n) is 5.67. The van der Waals surface area contributed by atoms with E-state index in [1.165, 1.54) is 0 Å². The van der Waals surface area contributed by atoms with Crippen LogP contribution in [0.5, 0.6) is 0 Å². The average Bonchev–Trinajstić information content (AvgIpc) is 1.93. The minimum Gasteiger partial charge on any atom is -0.362 e. The molecule has 0 spiro atoms. The number of hydrogen-bond acceptors (Lipinski definition) is 6. The molecule has 9 heteroatoms. The van der Waals surface area contributed by atoms with Gasteiger partial charge in [0.2, 0.25) is 6.29 Å². The van der Waals surface area contributed by atoms with Crippen LogP contribution in [0, 0.1) is 0 Å². The van der Waals surface area contributed by atoms with Crippen molar-refractivity contribution in [3.63, 3.8) is 0 Å². The van der Waals surface area contributed by atoms with Gasteiger partial charge in [0.25, 0.3) is 0 Å². The first-order valence-electron chi connectivity index (χ1n) is 2.29. The van der Waals surface area contributed by atoms with Crippen molar-refractivity contribution in [2.24, 2.45) is 0 Å². The van der Waals surface area contributed by atoms with E-state index in [2.05, 4.69) is 13.4 Å². The summed E-state index contributed by atoms with van der Waals surface area (Å²) < 4.78 is 33.4. The molecule has 1 fully saturated rings. The standard InChI is InChI=1S/C2H4O6P2.Na/c3-2-1-6-9(4)8-10(5)7-2;/h2-3H,1H2;/q+2;. The summed E-state index contributed by atoms with van der Waals surface area (Å²) >= 11 is 0. The van der Waals surface area contributed by atoms with Crippen LogP contribution < -0.4 is 0 Å². The Kier molecular flexibility index (Phi) is 6.18. The second-order valence-electron chi connectivity index (χ2n) is 1.38. The third-order valence-electron chi connectivity index (χ3n) is 0.664. The molecule has 11 heavy (non-hydrogen) atoms. The number of aliphatic hydroxyl groups excluding tert-OH is 1. The summed E-state index contributed by atoms with van der Waals surface area (Å²) in [7, 11) is -4.91. The summed E-state index contributed by atoms with van der Waals surface area (Å²) in [5.74, 6) is 0. The summed E-state index contributed by atoms with van der Waals surface area (Å²) in [4.78, 5) is 0. The first-order chi connectivity index (χ1) is 4.68. The minimum absolute atomic E-state index is 0. The number of aliphatic hydroxyl groups is 1. The Morgan fingerprint density at radius 2 is 2.00 bits per heavy atom. The average molecular weight is 209 g/mol. The largest absolute Gasteiger partial charge is 0.750 e. The van der Waals surface area contributed by atoms with E-state index < -0.39 is 22.8 Å². The van der Waals surface area contributed by atoms with Gasteiger partial charge in [-0.2, -0.15) is 0 Å². The SMILES string of the molecule is O=[P+]1OCC(O)O[P+](=O)O1.[Na]. The molecule has 0 saturated carbocycles. The van der Waals surface area contributed by atoms with E-state index in [0.29, 0.717) is 0 Å². The van der Waals surface area contributed by atoms with Crippen molar-refractivity contribution in [3.8, 4) is 0 Å². The first-order valence-corrected chi connectivity index (χ1v) is 4.48. The minimum atomic E-state index is -2.51. The van der Waals surface area contributed by atoms with Crippen molar-refractivity contribution in [1.29, 1.82) is 0 Å². The molecule has 6 nitrogen and oxygen atoms in total. The van der Waals surface area contributed by atoms with Gasteiger partial charge in [0.05, 0.1) is 0 Å². The maximum Gasteiger partial charge on any atom is 0.750 e. The van der Waals surface area contributed by atoms with E-state index in [1.54, 1.807) is 0 Å². The van der Waals surface area contributed by atoms with Gasteiger partial charge in [-0.25, -0.2) is 0 Å². The molecular weight excluding hydrogens is 205 g/mol. The molecule has 0 amide bonds. The molecule has 3 atom stereocenters. The molecule has 1 aliphatic rings. The zero-order chi connectivity index (χ0) is 7.56. The van der Waals surface area contributed by atoms with Crippen LogP contribution in [-0.4, -0.2) is 47.6 Å². The molecule has 57 valence electrons. The van der Waals surface area contributed by atoms with E-state index in [0.717, 1.165) is 0 Å². The molecule has 0 aromatic heterocycles. The summed E-state index contributed by atoms with van der Waals surface area (Å²) in [6.45, 7) is -0.295. The Morgan fingerprint density at radius 1 is 1.36 bits per heavy atom. The van der Waals surface area contributed by atoms with Crippen molar-refractivity contribution < 1.29 is 27.6 Å². The van der Waals surface area contributed by atoms with Crippen LogP contribution in [0.25, 0.3) is 0 Å². The van der Waals surface area contributed by atoms with Crippen LogP contribution in [-0.2, 0) is 22.5 Å². The third-order valence-corrected chi connectivity index (χ3v) is 2.51. The van der Waals surface area contributed by atoms with Crippen LogP contribution in [0.15, 0.2) is 0 Å². The topological polar surface area (TPSA) is 82.1 Å². The molecule has 0 bridgehead atoms. The fourth-order valence-electron chi connectivity index (χ4n) is 0.352. The van der Waals surface area contributed by atoms with Crippen LogP contribution in [0.4, 0.5) is 0 Å². The fraction of sp³-hybridized carbons (Fsp3) is 1.00. The molecular formula is C2H4NaO6P2+2. The van der Waals surface area contributed by atoms with Crippen molar-refractivity contribution in [2.45, 2.75) is 6.29 Å². The van der Waals surface area contributed by atoms with Crippen molar-refractivity contribution in [1.82, 2.24) is 0 Å². The predicted molar refractivity (Wildman–Crippen MR) is 35.1 cm³/mol. The van der Waals surface area contributed by atoms with E-state index in [4.69, 9.17) is 5.11 Å². The summed E-state index contributed by atoms with van der Waals surface area (Å²) in [5, 5.41) is 8.64. The molecule has 0 aromatic carbocycles. The van der Waals surface area contributed by atoms with Crippen molar-refractivity contribution in [2.75, 3.05) is 6.61 Å². The molecule has 1 rings (SSSR count). The molecule has 1 heterocycles. The second-order valence-corrected chi connectivity index (χ2v) is 3.40. The molecule has 1 N–H and O–H groups in total. The Hall–Kier alpha value is 1.04. The maximum atomic E-state index is 10.4. The molecule has 1 radical (unpaired) electrons. The van der Waals surface area contributed by atoms with Gasteiger partial charge in [-0.15, -0.1) is 4.52 Å². The van der Waals surface area contributed by atoms with Crippen LogP contribution >= 0.6 is 16.5 Å². The summed E-state index contributed by atoms with van der Waals surface area (Å²) in [6.07, 6.45) is -1.33. The molecule has 3 unspecified atom stereocenters. The Morgan fingerprint density at radius 3 is 2.64 bits per heavy atom. The maximum absolute atomic E-state index is 10.4. The van der Waals surface area contributed by atoms with Gasteiger partial charge in [-0.3, -0.25) is 0 Å². The second kappa shape index (κ2) is 5.65. The van der Waals surface area contributed by atoms with Crippen molar-refractivity contribution in [3.05, 3.63) is 0 Å². The molecule has 1 saturated heterocycles. The quantitative estimate of drug-likeness (QED) is 0.456. The van der Waals surface area contributed by atoms with Gasteiger partial charge >= 0.3 is 16.5 Å². The van der Waals surface area contributed by atoms with E-state index in [1.807, 2.05) is 0 Å². The normalized spacial score (nSPS) is 32.3. The van der Waals surface area contributed by atoms with Crippen molar-refractivity contribution >= 4 is 46.1 Å². The monoisotopic (exact) mass is 209 g/mol. The van der Waals surface area contributed by atoms with E-state index in [-0.39, 0.29) is 36.2 Å². The van der Waals surface area contributed by atoms with Gasteiger partial charge in [0.15, 0.2) is 10.9 Å². The zero-order valence-corrected chi connectivity index (χ0v) is 9.46. The Labute approximate surface area is 86.4 Å². The van der Waals surface area contributed by atoms with E-state index >= 15 is 0 Å². The first kappa shape index (κ1) is 12.0. The number of hydrogen-bond donors (Lipinski definition) is 1. The summed E-state index contributed by atoms with van der Waals surface area (Å²) in [5.41, 5.74) is 0. The van der Waals surface area contributed by atoms with Gasteiger partial charge in [0, 0.05) is 38.7 Å². The predicted octanol–water partition coefficient (Wildman–Crippen LogP) is 0.302. The fourth-order valence-corrected chi connectivity index (χ4v) is 1.64. The van der Waals surface area contributed by atoms with Gasteiger partial charge in [-0.1, -0.05) is 4.52 Å². The molecule has 1 aliphatic heterocycles. The van der Waals surface area contributed by atoms with Gasteiger partial charge < -0.3 is 5.11 Å². The molecule has 0 aromatic rings. The van der Waals surface area contributed by atoms with Gasteiger partial charge in [-0.05, 0) is 0 Å². The smallest absolute Gasteiger partial charge is 0.362 e. The molecule has 0 aliphatic carbocycles. The van der Waals surface area contributed by atoms with Gasteiger partial charge in [0.1, 0.15) is 0 Å². The van der Waals surface area contributed by atoms with Crippen LogP contribution in [0.3, 0.4) is 0 Å². The number of rotatable bonds is 0. The Balaban J connectivity index is 0.000001000. The Bertz CT molecular complexity index is 172. The van der Waals surface area contributed by atoms with Crippen LogP contribution in [0.2, 0.25) is 0 Å². The van der Waals surface area contributed by atoms with E-state index in [9.17, 15) is 9.13 Å². The summed E-state index contributed by atoms with van der Waals surface area (Å²) in [6, 6.07) is 0. The van der Waals surface area contributed by atoms with Crippen LogP contribution in [0.1, 0.15) is 0 Å². The third kappa shape index (κ3) is 4.58.